The van der Waals surface area contributed by atoms with Gasteiger partial charge >= 0.3 is 0 Å². The molecule has 0 fully saturated rings. The minimum atomic E-state index is -0.194. The monoisotopic (exact) mass is 432 g/mol. The minimum Gasteiger partial charge on any atom is -0.367 e. The summed E-state index contributed by atoms with van der Waals surface area (Å²) in [4.78, 5) is 15.6. The number of amides is 1. The van der Waals surface area contributed by atoms with Gasteiger partial charge in [-0.2, -0.15) is 0 Å². The van der Waals surface area contributed by atoms with Gasteiger partial charge in [-0.05, 0) is 59.4 Å². The van der Waals surface area contributed by atoms with Crippen LogP contribution in [0.1, 0.15) is 44.2 Å². The molecule has 1 aliphatic heterocycles. The van der Waals surface area contributed by atoms with Crippen molar-refractivity contribution < 1.29 is 4.79 Å². The fraction of sp³-hybridized carbons (Fsp3) is 0.167. The summed E-state index contributed by atoms with van der Waals surface area (Å²) in [5.74, 6) is -0.0647. The summed E-state index contributed by atoms with van der Waals surface area (Å²) >= 11 is 0. The van der Waals surface area contributed by atoms with E-state index >= 15 is 0 Å². The smallest absolute Gasteiger partial charge is 0.252 e. The predicted molar refractivity (Wildman–Crippen MR) is 135 cm³/mol. The van der Waals surface area contributed by atoms with E-state index in [1.165, 1.54) is 16.8 Å². The number of carbonyl (C=O) groups excluding carboxylic acids is 1. The van der Waals surface area contributed by atoms with E-state index in [0.717, 1.165) is 36.2 Å². The quantitative estimate of drug-likeness (QED) is 0.401. The summed E-state index contributed by atoms with van der Waals surface area (Å²) in [6.07, 6.45) is 1.09. The third kappa shape index (κ3) is 4.54. The highest BCUT2D eigenvalue weighted by Crippen LogP contribution is 2.29. The van der Waals surface area contributed by atoms with E-state index in [1.54, 1.807) is 0 Å². The lowest BCUT2D eigenvalue weighted by Gasteiger charge is -2.22. The molecule has 1 heterocycles. The van der Waals surface area contributed by atoms with Gasteiger partial charge in [0.05, 0.1) is 6.04 Å². The Bertz CT molecular complexity index is 1250. The highest BCUT2D eigenvalue weighted by Gasteiger charge is 2.20. The molecule has 164 valence electrons. The Morgan fingerprint density at radius 3 is 2.33 bits per heavy atom. The van der Waals surface area contributed by atoms with Crippen LogP contribution in [0.2, 0.25) is 0 Å². The van der Waals surface area contributed by atoms with Crippen LogP contribution >= 0.6 is 0 Å². The molecule has 5 rings (SSSR count). The summed E-state index contributed by atoms with van der Waals surface area (Å²) in [5.41, 5.74) is 7.97. The summed E-state index contributed by atoms with van der Waals surface area (Å²) in [5, 5.41) is 3.26. The molecule has 4 aromatic rings. The van der Waals surface area contributed by atoms with Crippen LogP contribution in [0, 0.1) is 6.92 Å². The van der Waals surface area contributed by atoms with Gasteiger partial charge in [-0.25, -0.2) is 0 Å². The molecule has 0 saturated carbocycles. The fourth-order valence-corrected chi connectivity index (χ4v) is 4.66. The Balaban J connectivity index is 1.33. The van der Waals surface area contributed by atoms with Crippen LogP contribution in [-0.4, -0.2) is 12.5 Å². The van der Waals surface area contributed by atoms with Crippen LogP contribution in [0.25, 0.3) is 0 Å². The standard InChI is InChI=1S/C30H28N2O/c1-22-9-5-7-13-27(22)29(25-11-3-2-4-12-25)31-30(33)26-17-15-23(16-18-26)21-32-20-19-24-10-6-8-14-28(24)32/h2-18,29H,19-21H2,1H3,(H,31,33)/t29-/m1/s1. The number of nitrogens with zero attached hydrogens (tertiary/aromatic N) is 1. The summed E-state index contributed by atoms with van der Waals surface area (Å²) in [7, 11) is 0. The average Bonchev–Trinajstić information content (AvgIpc) is 3.27. The van der Waals surface area contributed by atoms with Crippen molar-refractivity contribution in [2.24, 2.45) is 0 Å². The lowest BCUT2D eigenvalue weighted by molar-refractivity contribution is 0.0943. The van der Waals surface area contributed by atoms with E-state index in [2.05, 4.69) is 77.8 Å². The molecule has 4 aromatic carbocycles. The topological polar surface area (TPSA) is 32.3 Å². The molecule has 1 amide bonds. The Morgan fingerprint density at radius 2 is 1.55 bits per heavy atom. The zero-order chi connectivity index (χ0) is 22.6. The third-order valence-corrected chi connectivity index (χ3v) is 6.48. The minimum absolute atomic E-state index is 0.0647. The van der Waals surface area contributed by atoms with E-state index in [1.807, 2.05) is 42.5 Å². The number of nitrogens with one attached hydrogen (secondary N) is 1. The van der Waals surface area contributed by atoms with Gasteiger partial charge in [-0.3, -0.25) is 4.79 Å². The maximum atomic E-state index is 13.2. The molecule has 33 heavy (non-hydrogen) atoms. The second-order valence-electron chi connectivity index (χ2n) is 8.67. The van der Waals surface area contributed by atoms with Crippen molar-refractivity contribution in [1.29, 1.82) is 0 Å². The zero-order valence-corrected chi connectivity index (χ0v) is 18.9. The number of benzene rings is 4. The van der Waals surface area contributed by atoms with Crippen LogP contribution in [0.4, 0.5) is 5.69 Å². The second kappa shape index (κ2) is 9.33. The predicted octanol–water partition coefficient (Wildman–Crippen LogP) is 6.08. The molecular weight excluding hydrogens is 404 g/mol. The first-order valence-corrected chi connectivity index (χ1v) is 11.5. The first-order valence-electron chi connectivity index (χ1n) is 11.5. The molecule has 3 heteroatoms. The highest BCUT2D eigenvalue weighted by atomic mass is 16.1. The first kappa shape index (κ1) is 21.0. The summed E-state index contributed by atoms with van der Waals surface area (Å²) < 4.78 is 0. The van der Waals surface area contributed by atoms with Crippen molar-refractivity contribution in [1.82, 2.24) is 5.32 Å². The van der Waals surface area contributed by atoms with Gasteiger partial charge in [0.15, 0.2) is 0 Å². The van der Waals surface area contributed by atoms with Gasteiger partial charge in [0.2, 0.25) is 0 Å². The van der Waals surface area contributed by atoms with Gasteiger partial charge < -0.3 is 10.2 Å². The van der Waals surface area contributed by atoms with Crippen molar-refractivity contribution >= 4 is 11.6 Å². The number of fused-ring (bicyclic) bond motifs is 1. The van der Waals surface area contributed by atoms with Crippen LogP contribution in [0.5, 0.6) is 0 Å². The van der Waals surface area contributed by atoms with Crippen LogP contribution in [0.15, 0.2) is 103 Å². The second-order valence-corrected chi connectivity index (χ2v) is 8.67. The highest BCUT2D eigenvalue weighted by molar-refractivity contribution is 5.94. The van der Waals surface area contributed by atoms with Crippen molar-refractivity contribution in [2.45, 2.75) is 25.9 Å². The Labute approximate surface area is 195 Å². The van der Waals surface area contributed by atoms with E-state index in [0.29, 0.717) is 5.56 Å². The third-order valence-electron chi connectivity index (χ3n) is 6.48. The number of rotatable bonds is 6. The molecule has 1 atom stereocenters. The van der Waals surface area contributed by atoms with Gasteiger partial charge in [-0.1, -0.05) is 84.9 Å². The molecule has 0 radical (unpaired) electrons. The average molecular weight is 433 g/mol. The molecule has 3 nitrogen and oxygen atoms in total. The molecular formula is C30H28N2O. The normalized spacial score (nSPS) is 13.4. The summed E-state index contributed by atoms with van der Waals surface area (Å²) in [6.45, 7) is 3.98. The first-order chi connectivity index (χ1) is 16.2. The molecule has 0 spiro atoms. The summed E-state index contributed by atoms with van der Waals surface area (Å²) in [6, 6.07) is 34.8. The van der Waals surface area contributed by atoms with E-state index in [9.17, 15) is 4.79 Å². The number of hydrogen-bond donors (Lipinski definition) is 1. The van der Waals surface area contributed by atoms with Crippen LogP contribution < -0.4 is 10.2 Å². The van der Waals surface area contributed by atoms with E-state index in [-0.39, 0.29) is 11.9 Å². The lowest BCUT2D eigenvalue weighted by atomic mass is 9.94. The Kier molecular flexibility index (Phi) is 5.95. The number of aryl methyl sites for hydroxylation is 1. The number of anilines is 1. The maximum absolute atomic E-state index is 13.2. The molecule has 0 saturated heterocycles. The number of carbonyl (C=O) groups is 1. The zero-order valence-electron chi connectivity index (χ0n) is 18.9. The molecule has 1 aliphatic rings. The lowest BCUT2D eigenvalue weighted by Crippen LogP contribution is -2.29. The number of para-hydroxylation sites is 1. The van der Waals surface area contributed by atoms with Crippen LogP contribution in [-0.2, 0) is 13.0 Å². The largest absolute Gasteiger partial charge is 0.367 e. The van der Waals surface area contributed by atoms with Crippen molar-refractivity contribution in [3.05, 3.63) is 137 Å². The molecule has 0 aliphatic carbocycles. The van der Waals surface area contributed by atoms with E-state index < -0.39 is 0 Å². The van der Waals surface area contributed by atoms with Crippen molar-refractivity contribution in [3.8, 4) is 0 Å². The van der Waals surface area contributed by atoms with Gasteiger partial charge in [-0.15, -0.1) is 0 Å². The fourth-order valence-electron chi connectivity index (χ4n) is 4.66. The van der Waals surface area contributed by atoms with Gasteiger partial charge in [0.1, 0.15) is 0 Å². The number of hydrogen-bond acceptors (Lipinski definition) is 2. The SMILES string of the molecule is Cc1ccccc1[C@H](NC(=O)c1ccc(CN2CCc3ccccc32)cc1)c1ccccc1. The Hall–Kier alpha value is -3.85. The maximum Gasteiger partial charge on any atom is 0.252 e. The van der Waals surface area contributed by atoms with Crippen molar-refractivity contribution in [3.63, 3.8) is 0 Å². The van der Waals surface area contributed by atoms with Gasteiger partial charge in [0.25, 0.3) is 5.91 Å². The van der Waals surface area contributed by atoms with E-state index in [4.69, 9.17) is 0 Å². The van der Waals surface area contributed by atoms with Crippen molar-refractivity contribution in [2.75, 3.05) is 11.4 Å². The molecule has 0 unspecified atom stereocenters. The molecule has 1 N–H and O–H groups in total. The molecule has 0 aromatic heterocycles. The Morgan fingerprint density at radius 1 is 0.848 bits per heavy atom. The van der Waals surface area contributed by atoms with Crippen LogP contribution in [0.3, 0.4) is 0 Å². The van der Waals surface area contributed by atoms with Gasteiger partial charge in [0, 0.05) is 24.3 Å². The molecule has 0 bridgehead atoms.